The fraction of sp³-hybridized carbons (Fsp3) is 0.500. The van der Waals surface area contributed by atoms with E-state index in [0.717, 1.165) is 0 Å². The Morgan fingerprint density at radius 1 is 1.28 bits per heavy atom. The van der Waals surface area contributed by atoms with E-state index in [1.54, 1.807) is 6.07 Å². The topological polar surface area (TPSA) is 75.3 Å². The lowest BCUT2D eigenvalue weighted by Crippen LogP contribution is -2.13. The highest BCUT2D eigenvalue weighted by atomic mass is 16.4. The minimum atomic E-state index is -0.995. The Morgan fingerprint density at radius 2 is 1.83 bits per heavy atom. The predicted octanol–water partition coefficient (Wildman–Crippen LogP) is 2.81. The van der Waals surface area contributed by atoms with E-state index in [1.165, 1.54) is 6.07 Å². The van der Waals surface area contributed by atoms with Crippen molar-refractivity contribution in [2.24, 2.45) is 10.8 Å². The van der Waals surface area contributed by atoms with E-state index in [9.17, 15) is 4.79 Å². The quantitative estimate of drug-likeness (QED) is 0.719. The normalized spacial score (nSPS) is 20.4. The molecule has 4 N–H and O–H groups in total. The summed E-state index contributed by atoms with van der Waals surface area (Å²) in [6.45, 7) is 8.79. The fourth-order valence-corrected chi connectivity index (χ4v) is 2.59. The molecule has 1 fully saturated rings. The summed E-state index contributed by atoms with van der Waals surface area (Å²) in [7, 11) is 0. The number of aromatic carboxylic acids is 1. The zero-order chi connectivity index (χ0) is 13.7. The van der Waals surface area contributed by atoms with Gasteiger partial charge in [0.15, 0.2) is 0 Å². The third-order valence-electron chi connectivity index (χ3n) is 4.66. The first-order valence-corrected chi connectivity index (χ1v) is 6.08. The summed E-state index contributed by atoms with van der Waals surface area (Å²) in [4.78, 5) is 11.0. The summed E-state index contributed by atoms with van der Waals surface area (Å²) in [5.41, 5.74) is 7.42. The minimum Gasteiger partial charge on any atom is -0.478 e. The Balaban J connectivity index is 2.27. The number of nitrogen functional groups attached to an aromatic ring is 1. The number of nitrogens with two attached hydrogens (primary N) is 1. The maximum Gasteiger partial charge on any atom is 0.337 e. The van der Waals surface area contributed by atoms with Crippen molar-refractivity contribution in [3.05, 3.63) is 23.8 Å². The average molecular weight is 248 g/mol. The van der Waals surface area contributed by atoms with Gasteiger partial charge in [0.25, 0.3) is 0 Å². The van der Waals surface area contributed by atoms with E-state index in [4.69, 9.17) is 10.8 Å². The molecule has 0 saturated heterocycles. The van der Waals surface area contributed by atoms with Gasteiger partial charge in [-0.3, -0.25) is 0 Å². The molecule has 0 bridgehead atoms. The van der Waals surface area contributed by atoms with Crippen molar-refractivity contribution in [1.29, 1.82) is 0 Å². The largest absolute Gasteiger partial charge is 0.478 e. The van der Waals surface area contributed by atoms with Crippen LogP contribution in [0.25, 0.3) is 0 Å². The Hall–Kier alpha value is -1.71. The highest BCUT2D eigenvalue weighted by Gasteiger charge is 2.65. The Morgan fingerprint density at radius 3 is 2.28 bits per heavy atom. The van der Waals surface area contributed by atoms with Crippen molar-refractivity contribution in [3.63, 3.8) is 0 Å². The molecule has 0 atom stereocenters. The first kappa shape index (κ1) is 12.7. The smallest absolute Gasteiger partial charge is 0.337 e. The standard InChI is InChI=1S/C14H20N2O2/c1-13(2)12(14(13,3)4)16-9-7-5-6-8(10(9)15)11(17)18/h5-7,12,16H,15H2,1-4H3,(H,17,18). The van der Waals surface area contributed by atoms with Crippen LogP contribution in [-0.4, -0.2) is 17.1 Å². The third kappa shape index (κ3) is 1.64. The second-order valence-corrected chi connectivity index (χ2v) is 6.09. The molecule has 0 aromatic heterocycles. The van der Waals surface area contributed by atoms with Crippen LogP contribution in [0.1, 0.15) is 38.1 Å². The lowest BCUT2D eigenvalue weighted by atomic mass is 10.0. The number of rotatable bonds is 3. The lowest BCUT2D eigenvalue weighted by Gasteiger charge is -2.12. The molecule has 98 valence electrons. The molecule has 18 heavy (non-hydrogen) atoms. The average Bonchev–Trinajstić information content (AvgIpc) is 2.63. The Bertz CT molecular complexity index is 493. The number of hydrogen-bond acceptors (Lipinski definition) is 3. The van der Waals surface area contributed by atoms with Crippen molar-refractivity contribution in [3.8, 4) is 0 Å². The minimum absolute atomic E-state index is 0.149. The van der Waals surface area contributed by atoms with Gasteiger partial charge < -0.3 is 16.2 Å². The number of carboxylic acid groups (broad SMARTS) is 1. The van der Waals surface area contributed by atoms with Crippen LogP contribution in [0.15, 0.2) is 18.2 Å². The number of carbonyl (C=O) groups is 1. The van der Waals surface area contributed by atoms with Crippen molar-refractivity contribution >= 4 is 17.3 Å². The van der Waals surface area contributed by atoms with E-state index >= 15 is 0 Å². The SMILES string of the molecule is CC1(C)C(Nc2cccc(C(=O)O)c2N)C1(C)C. The van der Waals surface area contributed by atoms with Gasteiger partial charge in [-0.25, -0.2) is 4.79 Å². The molecule has 0 unspecified atom stereocenters. The van der Waals surface area contributed by atoms with Gasteiger partial charge in [-0.05, 0) is 23.0 Å². The van der Waals surface area contributed by atoms with Gasteiger partial charge in [-0.2, -0.15) is 0 Å². The van der Waals surface area contributed by atoms with Crippen LogP contribution in [-0.2, 0) is 0 Å². The van der Waals surface area contributed by atoms with Crippen LogP contribution in [0.4, 0.5) is 11.4 Å². The first-order valence-electron chi connectivity index (χ1n) is 6.08. The third-order valence-corrected chi connectivity index (χ3v) is 4.66. The summed E-state index contributed by atoms with van der Waals surface area (Å²) in [6, 6.07) is 5.36. The maximum absolute atomic E-state index is 11.0. The highest BCUT2D eigenvalue weighted by molar-refractivity contribution is 5.97. The van der Waals surface area contributed by atoms with Crippen LogP contribution in [0.2, 0.25) is 0 Å². The molecule has 1 aromatic rings. The lowest BCUT2D eigenvalue weighted by molar-refractivity contribution is 0.0698. The molecule has 0 radical (unpaired) electrons. The fourth-order valence-electron chi connectivity index (χ4n) is 2.59. The summed E-state index contributed by atoms with van der Waals surface area (Å²) in [5.74, 6) is -0.995. The van der Waals surface area contributed by atoms with Crippen LogP contribution < -0.4 is 11.1 Å². The van der Waals surface area contributed by atoms with E-state index in [-0.39, 0.29) is 16.4 Å². The molecule has 1 aliphatic rings. The summed E-state index contributed by atoms with van der Waals surface area (Å²) in [5, 5.41) is 12.4. The van der Waals surface area contributed by atoms with Crippen LogP contribution in [0.5, 0.6) is 0 Å². The number of nitrogens with one attached hydrogen (secondary N) is 1. The molecule has 2 rings (SSSR count). The number of carboxylic acids is 1. The van der Waals surface area contributed by atoms with E-state index in [2.05, 4.69) is 33.0 Å². The second kappa shape index (κ2) is 3.64. The Kier molecular flexibility index (Phi) is 2.58. The monoisotopic (exact) mass is 248 g/mol. The number of anilines is 2. The Labute approximate surface area is 107 Å². The van der Waals surface area contributed by atoms with Gasteiger partial charge in [0, 0.05) is 6.04 Å². The van der Waals surface area contributed by atoms with Crippen molar-refractivity contribution in [2.45, 2.75) is 33.7 Å². The van der Waals surface area contributed by atoms with Gasteiger partial charge >= 0.3 is 5.97 Å². The molecular weight excluding hydrogens is 228 g/mol. The zero-order valence-corrected chi connectivity index (χ0v) is 11.2. The first-order chi connectivity index (χ1) is 8.19. The molecular formula is C14H20N2O2. The predicted molar refractivity (Wildman–Crippen MR) is 72.8 cm³/mol. The van der Waals surface area contributed by atoms with Crippen molar-refractivity contribution in [2.75, 3.05) is 11.1 Å². The number of hydrogen-bond donors (Lipinski definition) is 3. The number of benzene rings is 1. The van der Waals surface area contributed by atoms with Crippen LogP contribution >= 0.6 is 0 Å². The van der Waals surface area contributed by atoms with E-state index in [0.29, 0.717) is 17.4 Å². The van der Waals surface area contributed by atoms with E-state index < -0.39 is 5.97 Å². The maximum atomic E-state index is 11.0. The summed E-state index contributed by atoms with van der Waals surface area (Å²) < 4.78 is 0. The molecule has 0 spiro atoms. The molecule has 0 amide bonds. The molecule has 4 nitrogen and oxygen atoms in total. The highest BCUT2D eigenvalue weighted by Crippen LogP contribution is 2.63. The van der Waals surface area contributed by atoms with Gasteiger partial charge in [-0.1, -0.05) is 33.8 Å². The van der Waals surface area contributed by atoms with Gasteiger partial charge in [0.2, 0.25) is 0 Å². The second-order valence-electron chi connectivity index (χ2n) is 6.09. The van der Waals surface area contributed by atoms with Crippen LogP contribution in [0.3, 0.4) is 0 Å². The molecule has 1 aliphatic carbocycles. The van der Waals surface area contributed by atoms with Gasteiger partial charge in [0.05, 0.1) is 16.9 Å². The van der Waals surface area contributed by atoms with E-state index in [1.807, 2.05) is 6.07 Å². The van der Waals surface area contributed by atoms with Crippen molar-refractivity contribution < 1.29 is 9.90 Å². The molecule has 4 heteroatoms. The molecule has 1 saturated carbocycles. The number of para-hydroxylation sites is 1. The van der Waals surface area contributed by atoms with Gasteiger partial charge in [-0.15, -0.1) is 0 Å². The van der Waals surface area contributed by atoms with Crippen molar-refractivity contribution in [1.82, 2.24) is 0 Å². The summed E-state index contributed by atoms with van der Waals surface area (Å²) in [6.07, 6.45) is 0. The van der Waals surface area contributed by atoms with Crippen LogP contribution in [0, 0.1) is 10.8 Å². The molecule has 0 aliphatic heterocycles. The van der Waals surface area contributed by atoms with Gasteiger partial charge in [0.1, 0.15) is 0 Å². The zero-order valence-electron chi connectivity index (χ0n) is 11.2. The molecule has 0 heterocycles. The summed E-state index contributed by atoms with van der Waals surface area (Å²) >= 11 is 0. The molecule has 1 aromatic carbocycles.